The van der Waals surface area contributed by atoms with Crippen LogP contribution in [0.3, 0.4) is 0 Å². The molecule has 2 aromatic rings. The summed E-state index contributed by atoms with van der Waals surface area (Å²) >= 11 is 0. The first-order chi connectivity index (χ1) is 8.61. The predicted molar refractivity (Wildman–Crippen MR) is 66.9 cm³/mol. The SMILES string of the molecule is COc1ccc(-c2cccc(C(N)=O)c2)c(F)c1. The van der Waals surface area contributed by atoms with E-state index in [1.54, 1.807) is 36.4 Å². The third-order valence-corrected chi connectivity index (χ3v) is 2.63. The summed E-state index contributed by atoms with van der Waals surface area (Å²) in [4.78, 5) is 11.1. The maximum absolute atomic E-state index is 13.9. The van der Waals surface area contributed by atoms with Crippen LogP contribution in [0.5, 0.6) is 5.75 Å². The molecule has 0 fully saturated rings. The minimum Gasteiger partial charge on any atom is -0.497 e. The standard InChI is InChI=1S/C14H12FNO2/c1-18-11-5-6-12(13(15)8-11)9-3-2-4-10(7-9)14(16)17/h2-8H,1H3,(H2,16,17). The highest BCUT2D eigenvalue weighted by Gasteiger charge is 2.08. The summed E-state index contributed by atoms with van der Waals surface area (Å²) in [6, 6.07) is 11.1. The Morgan fingerprint density at radius 2 is 2.00 bits per heavy atom. The number of nitrogens with two attached hydrogens (primary N) is 1. The van der Waals surface area contributed by atoms with Gasteiger partial charge in [-0.25, -0.2) is 4.39 Å². The molecule has 92 valence electrons. The summed E-state index contributed by atoms with van der Waals surface area (Å²) in [5, 5.41) is 0. The van der Waals surface area contributed by atoms with Crippen molar-refractivity contribution in [3.63, 3.8) is 0 Å². The van der Waals surface area contributed by atoms with Crippen molar-refractivity contribution < 1.29 is 13.9 Å². The zero-order valence-corrected chi connectivity index (χ0v) is 9.81. The molecule has 0 heterocycles. The number of carbonyl (C=O) groups excluding carboxylic acids is 1. The van der Waals surface area contributed by atoms with Crippen molar-refractivity contribution in [1.82, 2.24) is 0 Å². The Balaban J connectivity index is 2.48. The van der Waals surface area contributed by atoms with Crippen molar-refractivity contribution in [2.75, 3.05) is 7.11 Å². The lowest BCUT2D eigenvalue weighted by Crippen LogP contribution is -2.10. The van der Waals surface area contributed by atoms with Gasteiger partial charge in [0.15, 0.2) is 0 Å². The molecule has 0 bridgehead atoms. The number of benzene rings is 2. The molecule has 0 saturated heterocycles. The van der Waals surface area contributed by atoms with Crippen LogP contribution in [0.25, 0.3) is 11.1 Å². The Morgan fingerprint density at radius 3 is 2.61 bits per heavy atom. The summed E-state index contributed by atoms with van der Waals surface area (Å²) in [5.74, 6) is -0.496. The highest BCUT2D eigenvalue weighted by atomic mass is 19.1. The van der Waals surface area contributed by atoms with Gasteiger partial charge in [-0.2, -0.15) is 0 Å². The van der Waals surface area contributed by atoms with Crippen LogP contribution in [0.4, 0.5) is 4.39 Å². The summed E-state index contributed by atoms with van der Waals surface area (Å²) in [6.07, 6.45) is 0. The maximum atomic E-state index is 13.9. The lowest BCUT2D eigenvalue weighted by Gasteiger charge is -2.06. The van der Waals surface area contributed by atoms with Gasteiger partial charge < -0.3 is 10.5 Å². The summed E-state index contributed by atoms with van der Waals surface area (Å²) in [7, 11) is 1.47. The molecule has 0 aliphatic carbocycles. The Morgan fingerprint density at radius 1 is 1.22 bits per heavy atom. The molecule has 3 nitrogen and oxygen atoms in total. The van der Waals surface area contributed by atoms with Gasteiger partial charge in [0, 0.05) is 17.2 Å². The average Bonchev–Trinajstić information content (AvgIpc) is 2.38. The van der Waals surface area contributed by atoms with Crippen LogP contribution in [0.1, 0.15) is 10.4 Å². The van der Waals surface area contributed by atoms with E-state index in [1.165, 1.54) is 13.2 Å². The molecule has 2 rings (SSSR count). The predicted octanol–water partition coefficient (Wildman–Crippen LogP) is 2.60. The number of methoxy groups -OCH3 is 1. The van der Waals surface area contributed by atoms with Crippen molar-refractivity contribution in [3.05, 3.63) is 53.8 Å². The first-order valence-corrected chi connectivity index (χ1v) is 5.35. The molecule has 0 atom stereocenters. The summed E-state index contributed by atoms with van der Waals surface area (Å²) < 4.78 is 18.8. The molecular weight excluding hydrogens is 233 g/mol. The highest BCUT2D eigenvalue weighted by molar-refractivity contribution is 5.94. The average molecular weight is 245 g/mol. The number of ether oxygens (including phenoxy) is 1. The zero-order valence-electron chi connectivity index (χ0n) is 9.81. The monoisotopic (exact) mass is 245 g/mol. The lowest BCUT2D eigenvalue weighted by molar-refractivity contribution is 0.100. The van der Waals surface area contributed by atoms with E-state index in [9.17, 15) is 9.18 Å². The molecule has 0 radical (unpaired) electrons. The smallest absolute Gasteiger partial charge is 0.248 e. The maximum Gasteiger partial charge on any atom is 0.248 e. The molecule has 1 amide bonds. The molecule has 2 aromatic carbocycles. The van der Waals surface area contributed by atoms with Crippen LogP contribution in [-0.4, -0.2) is 13.0 Å². The topological polar surface area (TPSA) is 52.3 Å². The third kappa shape index (κ3) is 2.32. The first kappa shape index (κ1) is 12.1. The van der Waals surface area contributed by atoms with Gasteiger partial charge in [-0.05, 0) is 29.8 Å². The van der Waals surface area contributed by atoms with Crippen molar-refractivity contribution >= 4 is 5.91 Å². The Hall–Kier alpha value is -2.36. The molecule has 0 spiro atoms. The van der Waals surface area contributed by atoms with Crippen molar-refractivity contribution in [1.29, 1.82) is 0 Å². The van der Waals surface area contributed by atoms with Gasteiger partial charge in [0.2, 0.25) is 5.91 Å². The molecule has 0 unspecified atom stereocenters. The molecule has 4 heteroatoms. The van der Waals surface area contributed by atoms with Crippen molar-refractivity contribution in [3.8, 4) is 16.9 Å². The summed E-state index contributed by atoms with van der Waals surface area (Å²) in [6.45, 7) is 0. The lowest BCUT2D eigenvalue weighted by atomic mass is 10.0. The van der Waals surface area contributed by atoms with Crippen LogP contribution in [-0.2, 0) is 0 Å². The zero-order chi connectivity index (χ0) is 13.1. The number of halogens is 1. The highest BCUT2D eigenvalue weighted by Crippen LogP contribution is 2.26. The summed E-state index contributed by atoms with van der Waals surface area (Å²) in [5.41, 5.74) is 6.55. The van der Waals surface area contributed by atoms with Gasteiger partial charge in [0.25, 0.3) is 0 Å². The number of primary amides is 1. The third-order valence-electron chi connectivity index (χ3n) is 2.63. The van der Waals surface area contributed by atoms with E-state index in [-0.39, 0.29) is 0 Å². The normalized spacial score (nSPS) is 10.1. The van der Waals surface area contributed by atoms with E-state index in [1.807, 2.05) is 0 Å². The van der Waals surface area contributed by atoms with E-state index in [4.69, 9.17) is 10.5 Å². The largest absolute Gasteiger partial charge is 0.497 e. The van der Waals surface area contributed by atoms with E-state index in [0.29, 0.717) is 22.4 Å². The van der Waals surface area contributed by atoms with Gasteiger partial charge in [0.05, 0.1) is 7.11 Å². The Kier molecular flexibility index (Phi) is 3.28. The van der Waals surface area contributed by atoms with Crippen molar-refractivity contribution in [2.24, 2.45) is 5.73 Å². The number of rotatable bonds is 3. The molecule has 18 heavy (non-hydrogen) atoms. The van der Waals surface area contributed by atoms with Crippen LogP contribution < -0.4 is 10.5 Å². The van der Waals surface area contributed by atoms with E-state index in [2.05, 4.69) is 0 Å². The van der Waals surface area contributed by atoms with Crippen LogP contribution >= 0.6 is 0 Å². The van der Waals surface area contributed by atoms with E-state index < -0.39 is 11.7 Å². The second-order valence-corrected chi connectivity index (χ2v) is 3.79. The van der Waals surface area contributed by atoms with Gasteiger partial charge in [-0.15, -0.1) is 0 Å². The minimum atomic E-state index is -0.536. The van der Waals surface area contributed by atoms with E-state index in [0.717, 1.165) is 0 Å². The van der Waals surface area contributed by atoms with Crippen LogP contribution in [0.15, 0.2) is 42.5 Å². The Bertz CT molecular complexity index is 596. The number of amides is 1. The second kappa shape index (κ2) is 4.87. The van der Waals surface area contributed by atoms with E-state index >= 15 is 0 Å². The fourth-order valence-corrected chi connectivity index (χ4v) is 1.70. The van der Waals surface area contributed by atoms with Crippen molar-refractivity contribution in [2.45, 2.75) is 0 Å². The minimum absolute atomic E-state index is 0.350. The van der Waals surface area contributed by atoms with Gasteiger partial charge in [-0.1, -0.05) is 12.1 Å². The number of carbonyl (C=O) groups is 1. The van der Waals surface area contributed by atoms with Crippen LogP contribution in [0, 0.1) is 5.82 Å². The molecule has 0 aromatic heterocycles. The number of hydrogen-bond acceptors (Lipinski definition) is 2. The fraction of sp³-hybridized carbons (Fsp3) is 0.0714. The fourth-order valence-electron chi connectivity index (χ4n) is 1.70. The number of hydrogen-bond donors (Lipinski definition) is 1. The quantitative estimate of drug-likeness (QED) is 0.903. The molecule has 2 N–H and O–H groups in total. The van der Waals surface area contributed by atoms with Gasteiger partial charge >= 0.3 is 0 Å². The first-order valence-electron chi connectivity index (χ1n) is 5.35. The molecule has 0 aliphatic heterocycles. The Labute approximate surface area is 104 Å². The molecular formula is C14H12FNO2. The van der Waals surface area contributed by atoms with Gasteiger partial charge in [0.1, 0.15) is 11.6 Å². The van der Waals surface area contributed by atoms with Gasteiger partial charge in [-0.3, -0.25) is 4.79 Å². The second-order valence-electron chi connectivity index (χ2n) is 3.79. The molecule has 0 aliphatic rings. The molecule has 0 saturated carbocycles. The van der Waals surface area contributed by atoms with Crippen LogP contribution in [0.2, 0.25) is 0 Å².